The smallest absolute Gasteiger partial charge is 0.357 e. The number of nitrogens with zero attached hydrogens (tertiary/aromatic N) is 1. The maximum Gasteiger partial charge on any atom is 0.357 e. The third-order valence-electron chi connectivity index (χ3n) is 3.54. The predicted octanol–water partition coefficient (Wildman–Crippen LogP) is 3.17. The summed E-state index contributed by atoms with van der Waals surface area (Å²) in [6.45, 7) is 5.45. The predicted molar refractivity (Wildman–Crippen MR) is 73.1 cm³/mol. The van der Waals surface area contributed by atoms with Crippen molar-refractivity contribution < 1.29 is 9.53 Å². The van der Waals surface area contributed by atoms with Gasteiger partial charge in [-0.3, -0.25) is 0 Å². The molecule has 0 bridgehead atoms. The number of hydrogen-bond acceptors (Lipinski definition) is 5. The van der Waals surface area contributed by atoms with E-state index in [0.717, 1.165) is 23.5 Å². The highest BCUT2D eigenvalue weighted by Gasteiger charge is 2.23. The Bertz CT molecular complexity index is 405. The molecule has 1 heterocycles. The van der Waals surface area contributed by atoms with Gasteiger partial charge in [-0.25, -0.2) is 9.78 Å². The van der Waals surface area contributed by atoms with E-state index in [-0.39, 0.29) is 5.97 Å². The van der Waals surface area contributed by atoms with Gasteiger partial charge in [-0.1, -0.05) is 19.8 Å². The fourth-order valence-corrected chi connectivity index (χ4v) is 3.09. The van der Waals surface area contributed by atoms with Gasteiger partial charge in [0.15, 0.2) is 10.8 Å². The minimum atomic E-state index is -0.337. The molecule has 4 nitrogen and oxygen atoms in total. The monoisotopic (exact) mass is 268 g/mol. The van der Waals surface area contributed by atoms with Gasteiger partial charge in [0.2, 0.25) is 0 Å². The molecule has 0 saturated heterocycles. The summed E-state index contributed by atoms with van der Waals surface area (Å²) >= 11 is 1.47. The van der Waals surface area contributed by atoms with Gasteiger partial charge in [-0.15, -0.1) is 11.3 Å². The Morgan fingerprint density at radius 3 is 3.11 bits per heavy atom. The van der Waals surface area contributed by atoms with Crippen molar-refractivity contribution in [3.05, 3.63) is 11.1 Å². The summed E-state index contributed by atoms with van der Waals surface area (Å²) in [4.78, 5) is 15.7. The Kier molecular flexibility index (Phi) is 4.58. The molecule has 2 atom stereocenters. The van der Waals surface area contributed by atoms with Crippen LogP contribution < -0.4 is 5.32 Å². The molecule has 18 heavy (non-hydrogen) atoms. The quantitative estimate of drug-likeness (QED) is 0.833. The first-order chi connectivity index (χ1) is 8.70. The van der Waals surface area contributed by atoms with E-state index in [4.69, 9.17) is 4.74 Å². The van der Waals surface area contributed by atoms with Crippen LogP contribution in [0.1, 0.15) is 43.6 Å². The van der Waals surface area contributed by atoms with Gasteiger partial charge in [0.05, 0.1) is 6.61 Å². The highest BCUT2D eigenvalue weighted by molar-refractivity contribution is 7.13. The first kappa shape index (κ1) is 13.3. The third kappa shape index (κ3) is 3.22. The molecule has 0 amide bonds. The van der Waals surface area contributed by atoms with Crippen molar-refractivity contribution in [2.75, 3.05) is 18.5 Å². The zero-order valence-electron chi connectivity index (χ0n) is 10.9. The fraction of sp³-hybridized carbons (Fsp3) is 0.692. The second-order valence-corrected chi connectivity index (χ2v) is 5.67. The highest BCUT2D eigenvalue weighted by atomic mass is 32.1. The summed E-state index contributed by atoms with van der Waals surface area (Å²) in [6.07, 6.45) is 3.96. The number of nitrogens with one attached hydrogen (secondary N) is 1. The molecule has 0 aromatic carbocycles. The number of esters is 1. The average Bonchev–Trinajstić information content (AvgIpc) is 2.96. The molecule has 5 heteroatoms. The number of ether oxygens (including phenoxy) is 1. The lowest BCUT2D eigenvalue weighted by Gasteiger charge is -2.15. The van der Waals surface area contributed by atoms with E-state index in [1.165, 1.54) is 30.6 Å². The van der Waals surface area contributed by atoms with Gasteiger partial charge in [0.25, 0.3) is 0 Å². The van der Waals surface area contributed by atoms with Crippen LogP contribution in [0.3, 0.4) is 0 Å². The summed E-state index contributed by atoms with van der Waals surface area (Å²) in [6, 6.07) is 0. The number of rotatable bonds is 5. The summed E-state index contributed by atoms with van der Waals surface area (Å²) in [5, 5.41) is 5.90. The Morgan fingerprint density at radius 1 is 1.61 bits per heavy atom. The van der Waals surface area contributed by atoms with Crippen LogP contribution in [-0.4, -0.2) is 24.1 Å². The van der Waals surface area contributed by atoms with Crippen LogP contribution in [0.25, 0.3) is 0 Å². The van der Waals surface area contributed by atoms with Crippen LogP contribution in [0.2, 0.25) is 0 Å². The minimum Gasteiger partial charge on any atom is -0.461 e. The number of anilines is 1. The van der Waals surface area contributed by atoms with E-state index < -0.39 is 0 Å². The summed E-state index contributed by atoms with van der Waals surface area (Å²) < 4.78 is 4.91. The molecule has 2 rings (SSSR count). The van der Waals surface area contributed by atoms with Crippen LogP contribution in [0.4, 0.5) is 5.13 Å². The highest BCUT2D eigenvalue weighted by Crippen LogP contribution is 2.31. The van der Waals surface area contributed by atoms with E-state index in [0.29, 0.717) is 12.3 Å². The van der Waals surface area contributed by atoms with Gasteiger partial charge < -0.3 is 10.1 Å². The molecule has 1 aromatic rings. The molecule has 0 radical (unpaired) electrons. The Hall–Kier alpha value is -1.10. The zero-order chi connectivity index (χ0) is 13.0. The lowest BCUT2D eigenvalue weighted by Crippen LogP contribution is -2.16. The minimum absolute atomic E-state index is 0.337. The number of aromatic nitrogens is 1. The van der Waals surface area contributed by atoms with Gasteiger partial charge in [-0.05, 0) is 25.2 Å². The molecule has 2 unspecified atom stereocenters. The summed E-state index contributed by atoms with van der Waals surface area (Å²) in [5.74, 6) is 1.19. The van der Waals surface area contributed by atoms with Gasteiger partial charge >= 0.3 is 5.97 Å². The number of hydrogen-bond donors (Lipinski definition) is 1. The maximum atomic E-state index is 11.5. The van der Waals surface area contributed by atoms with Crippen molar-refractivity contribution in [2.45, 2.75) is 33.1 Å². The largest absolute Gasteiger partial charge is 0.461 e. The zero-order valence-corrected chi connectivity index (χ0v) is 11.8. The van der Waals surface area contributed by atoms with Crippen LogP contribution in [-0.2, 0) is 4.74 Å². The Labute approximate surface area is 112 Å². The first-order valence-corrected chi connectivity index (χ1v) is 7.45. The fourth-order valence-electron chi connectivity index (χ4n) is 2.40. The molecule has 0 aliphatic heterocycles. The second-order valence-electron chi connectivity index (χ2n) is 4.81. The SMILES string of the molecule is CCOC(=O)c1csc(NCC2CCCC2C)n1. The number of carbonyl (C=O) groups excluding carboxylic acids is 1. The molecule has 1 aromatic heterocycles. The molecule has 0 spiro atoms. The summed E-state index contributed by atoms with van der Waals surface area (Å²) in [7, 11) is 0. The standard InChI is InChI=1S/C13H20N2O2S/c1-3-17-12(16)11-8-18-13(15-11)14-7-10-6-4-5-9(10)2/h8-10H,3-7H2,1-2H3,(H,14,15). The molecule has 1 aliphatic rings. The average molecular weight is 268 g/mol. The van der Waals surface area contributed by atoms with Crippen molar-refractivity contribution in [1.82, 2.24) is 4.98 Å². The van der Waals surface area contributed by atoms with Gasteiger partial charge in [-0.2, -0.15) is 0 Å². The van der Waals surface area contributed by atoms with Crippen LogP contribution in [0, 0.1) is 11.8 Å². The van der Waals surface area contributed by atoms with Crippen molar-refractivity contribution in [2.24, 2.45) is 11.8 Å². The molecule has 1 aliphatic carbocycles. The van der Waals surface area contributed by atoms with Crippen LogP contribution in [0.5, 0.6) is 0 Å². The molecule has 1 saturated carbocycles. The van der Waals surface area contributed by atoms with E-state index in [9.17, 15) is 4.79 Å². The molecular weight excluding hydrogens is 248 g/mol. The van der Waals surface area contributed by atoms with Gasteiger partial charge in [0, 0.05) is 11.9 Å². The third-order valence-corrected chi connectivity index (χ3v) is 4.34. The Morgan fingerprint density at radius 2 is 2.44 bits per heavy atom. The number of carbonyl (C=O) groups is 1. The van der Waals surface area contributed by atoms with Crippen molar-refractivity contribution in [3.8, 4) is 0 Å². The number of thiazole rings is 1. The Balaban J connectivity index is 1.85. The summed E-state index contributed by atoms with van der Waals surface area (Å²) in [5.41, 5.74) is 0.406. The van der Waals surface area contributed by atoms with Crippen molar-refractivity contribution >= 4 is 22.4 Å². The lowest BCUT2D eigenvalue weighted by molar-refractivity contribution is 0.0520. The van der Waals surface area contributed by atoms with Crippen molar-refractivity contribution in [1.29, 1.82) is 0 Å². The maximum absolute atomic E-state index is 11.5. The second kappa shape index (κ2) is 6.18. The van der Waals surface area contributed by atoms with E-state index in [2.05, 4.69) is 17.2 Å². The first-order valence-electron chi connectivity index (χ1n) is 6.57. The molecule has 1 N–H and O–H groups in total. The van der Waals surface area contributed by atoms with Crippen molar-refractivity contribution in [3.63, 3.8) is 0 Å². The molecule has 100 valence electrons. The normalized spacial score (nSPS) is 23.0. The van der Waals surface area contributed by atoms with E-state index >= 15 is 0 Å². The van der Waals surface area contributed by atoms with Gasteiger partial charge in [0.1, 0.15) is 0 Å². The van der Waals surface area contributed by atoms with Crippen LogP contribution in [0.15, 0.2) is 5.38 Å². The van der Waals surface area contributed by atoms with E-state index in [1.54, 1.807) is 12.3 Å². The van der Waals surface area contributed by atoms with Crippen LogP contribution >= 0.6 is 11.3 Å². The molecular formula is C13H20N2O2S. The molecule has 1 fully saturated rings. The lowest BCUT2D eigenvalue weighted by atomic mass is 9.98. The topological polar surface area (TPSA) is 51.2 Å². The van der Waals surface area contributed by atoms with E-state index in [1.807, 2.05) is 0 Å².